The summed E-state index contributed by atoms with van der Waals surface area (Å²) in [5, 5.41) is 8.86. The fourth-order valence-electron chi connectivity index (χ4n) is 3.27. The third-order valence-electron chi connectivity index (χ3n) is 5.00. The maximum atomic E-state index is 8.86. The summed E-state index contributed by atoms with van der Waals surface area (Å²) in [4.78, 5) is 17.9. The van der Waals surface area contributed by atoms with Gasteiger partial charge in [0.2, 0.25) is 0 Å². The number of pyridine rings is 1. The summed E-state index contributed by atoms with van der Waals surface area (Å²) in [6, 6.07) is 8.02. The Balaban J connectivity index is 1.41. The van der Waals surface area contributed by atoms with E-state index < -0.39 is 0 Å². The molecule has 1 aliphatic carbocycles. The summed E-state index contributed by atoms with van der Waals surface area (Å²) >= 11 is 0. The monoisotopic (exact) mass is 320 g/mol. The zero-order chi connectivity index (χ0) is 16.4. The van der Waals surface area contributed by atoms with Gasteiger partial charge in [-0.05, 0) is 25.0 Å². The Hall–Kier alpha value is -2.68. The SMILES string of the molecule is N#Cc1ccc(N2CCN(c3cc(C4CCC4)ncn3)CC2)nc1. The maximum absolute atomic E-state index is 8.86. The molecule has 6 heteroatoms. The lowest BCUT2D eigenvalue weighted by Gasteiger charge is -2.36. The van der Waals surface area contributed by atoms with E-state index in [1.165, 1.54) is 25.0 Å². The van der Waals surface area contributed by atoms with Gasteiger partial charge in [0.05, 0.1) is 5.56 Å². The molecule has 0 N–H and O–H groups in total. The van der Waals surface area contributed by atoms with Gasteiger partial charge in [-0.25, -0.2) is 15.0 Å². The van der Waals surface area contributed by atoms with Crippen molar-refractivity contribution in [2.45, 2.75) is 25.2 Å². The van der Waals surface area contributed by atoms with Gasteiger partial charge in [0, 0.05) is 50.1 Å². The minimum atomic E-state index is 0.599. The summed E-state index contributed by atoms with van der Waals surface area (Å²) in [5.41, 5.74) is 1.80. The Morgan fingerprint density at radius 1 is 0.958 bits per heavy atom. The molecule has 24 heavy (non-hydrogen) atoms. The van der Waals surface area contributed by atoms with Crippen molar-refractivity contribution < 1.29 is 0 Å². The van der Waals surface area contributed by atoms with Gasteiger partial charge in [-0.2, -0.15) is 5.26 Å². The van der Waals surface area contributed by atoms with Gasteiger partial charge < -0.3 is 9.80 Å². The van der Waals surface area contributed by atoms with Crippen LogP contribution in [0.4, 0.5) is 11.6 Å². The molecule has 0 bridgehead atoms. The van der Waals surface area contributed by atoms with Crippen molar-refractivity contribution in [2.24, 2.45) is 0 Å². The molecule has 0 unspecified atom stereocenters. The molecule has 122 valence electrons. The highest BCUT2D eigenvalue weighted by molar-refractivity contribution is 5.46. The number of nitriles is 1. The first-order valence-corrected chi connectivity index (χ1v) is 8.51. The van der Waals surface area contributed by atoms with Gasteiger partial charge >= 0.3 is 0 Å². The summed E-state index contributed by atoms with van der Waals surface area (Å²) in [7, 11) is 0. The van der Waals surface area contributed by atoms with Crippen molar-refractivity contribution in [3.8, 4) is 6.07 Å². The smallest absolute Gasteiger partial charge is 0.132 e. The molecule has 1 aliphatic heterocycles. The van der Waals surface area contributed by atoms with Crippen molar-refractivity contribution >= 4 is 11.6 Å². The van der Waals surface area contributed by atoms with Gasteiger partial charge in [-0.1, -0.05) is 6.42 Å². The van der Waals surface area contributed by atoms with E-state index >= 15 is 0 Å². The Morgan fingerprint density at radius 3 is 2.29 bits per heavy atom. The summed E-state index contributed by atoms with van der Waals surface area (Å²) in [6.45, 7) is 3.65. The Morgan fingerprint density at radius 2 is 1.71 bits per heavy atom. The summed E-state index contributed by atoms with van der Waals surface area (Å²) < 4.78 is 0. The normalized spacial score (nSPS) is 18.1. The van der Waals surface area contributed by atoms with Gasteiger partial charge in [0.25, 0.3) is 0 Å². The molecule has 0 aromatic carbocycles. The van der Waals surface area contributed by atoms with Crippen LogP contribution >= 0.6 is 0 Å². The molecule has 3 heterocycles. The van der Waals surface area contributed by atoms with Crippen LogP contribution in [0.3, 0.4) is 0 Å². The second-order valence-electron chi connectivity index (χ2n) is 6.42. The molecule has 0 spiro atoms. The quantitative estimate of drug-likeness (QED) is 0.864. The van der Waals surface area contributed by atoms with Crippen molar-refractivity contribution in [1.82, 2.24) is 15.0 Å². The predicted octanol–water partition coefficient (Wildman–Crippen LogP) is 2.34. The van der Waals surface area contributed by atoms with Crippen LogP contribution in [0.15, 0.2) is 30.7 Å². The summed E-state index contributed by atoms with van der Waals surface area (Å²) in [6.07, 6.45) is 7.18. The first-order chi connectivity index (χ1) is 11.8. The van der Waals surface area contributed by atoms with Crippen LogP contribution < -0.4 is 9.80 Å². The molecule has 0 amide bonds. The number of aromatic nitrogens is 3. The third-order valence-corrected chi connectivity index (χ3v) is 5.00. The molecule has 2 fully saturated rings. The van der Waals surface area contributed by atoms with Crippen LogP contribution in [0.5, 0.6) is 0 Å². The zero-order valence-corrected chi connectivity index (χ0v) is 13.6. The minimum Gasteiger partial charge on any atom is -0.353 e. The molecular formula is C18H20N6. The highest BCUT2D eigenvalue weighted by Gasteiger charge is 2.23. The standard InChI is InChI=1S/C18H20N6/c19-11-14-4-5-17(20-12-14)23-6-8-24(9-7-23)18-10-16(21-13-22-18)15-2-1-3-15/h4-5,10,12-13,15H,1-3,6-9H2. The Kier molecular flexibility index (Phi) is 3.99. The van der Waals surface area contributed by atoms with E-state index in [1.54, 1.807) is 12.5 Å². The molecule has 1 saturated carbocycles. The van der Waals surface area contributed by atoms with Crippen molar-refractivity contribution in [3.05, 3.63) is 42.0 Å². The molecule has 6 nitrogen and oxygen atoms in total. The first kappa shape index (κ1) is 14.9. The van der Waals surface area contributed by atoms with E-state index in [4.69, 9.17) is 5.26 Å². The van der Waals surface area contributed by atoms with E-state index in [0.717, 1.165) is 37.8 Å². The molecule has 2 aromatic heterocycles. The van der Waals surface area contributed by atoms with Crippen LogP contribution in [0, 0.1) is 11.3 Å². The topological polar surface area (TPSA) is 68.9 Å². The second kappa shape index (κ2) is 6.44. The van der Waals surface area contributed by atoms with Crippen LogP contribution in [0.2, 0.25) is 0 Å². The fourth-order valence-corrected chi connectivity index (χ4v) is 3.27. The van der Waals surface area contributed by atoms with Crippen LogP contribution in [0.25, 0.3) is 0 Å². The maximum Gasteiger partial charge on any atom is 0.132 e. The van der Waals surface area contributed by atoms with Gasteiger partial charge in [0.15, 0.2) is 0 Å². The van der Waals surface area contributed by atoms with Crippen LogP contribution in [-0.2, 0) is 0 Å². The molecule has 4 rings (SSSR count). The fraction of sp³-hybridized carbons (Fsp3) is 0.444. The van der Waals surface area contributed by atoms with Gasteiger partial charge in [-0.15, -0.1) is 0 Å². The number of anilines is 2. The number of hydrogen-bond acceptors (Lipinski definition) is 6. The predicted molar refractivity (Wildman–Crippen MR) is 92.0 cm³/mol. The van der Waals surface area contributed by atoms with Crippen molar-refractivity contribution in [3.63, 3.8) is 0 Å². The van der Waals surface area contributed by atoms with Crippen LogP contribution in [0.1, 0.15) is 36.4 Å². The summed E-state index contributed by atoms with van der Waals surface area (Å²) in [5.74, 6) is 2.61. The van der Waals surface area contributed by atoms with E-state index in [-0.39, 0.29) is 0 Å². The lowest BCUT2D eigenvalue weighted by atomic mass is 9.83. The Bertz CT molecular complexity index is 739. The van der Waals surface area contributed by atoms with E-state index in [1.807, 2.05) is 12.1 Å². The van der Waals surface area contributed by atoms with Crippen LogP contribution in [-0.4, -0.2) is 41.1 Å². The first-order valence-electron chi connectivity index (χ1n) is 8.51. The number of hydrogen-bond donors (Lipinski definition) is 0. The lowest BCUT2D eigenvalue weighted by Crippen LogP contribution is -2.47. The highest BCUT2D eigenvalue weighted by Crippen LogP contribution is 2.35. The zero-order valence-electron chi connectivity index (χ0n) is 13.6. The largest absolute Gasteiger partial charge is 0.353 e. The second-order valence-corrected chi connectivity index (χ2v) is 6.42. The number of rotatable bonds is 3. The molecule has 0 atom stereocenters. The Labute approximate surface area is 141 Å². The van der Waals surface area contributed by atoms with Crippen molar-refractivity contribution in [1.29, 1.82) is 5.26 Å². The lowest BCUT2D eigenvalue weighted by molar-refractivity contribution is 0.410. The van der Waals surface area contributed by atoms with Gasteiger partial charge in [0.1, 0.15) is 24.0 Å². The van der Waals surface area contributed by atoms with E-state index in [0.29, 0.717) is 11.5 Å². The number of nitrogens with zero attached hydrogens (tertiary/aromatic N) is 6. The molecule has 2 aliphatic rings. The van der Waals surface area contributed by atoms with E-state index in [9.17, 15) is 0 Å². The average molecular weight is 320 g/mol. The molecule has 2 aromatic rings. The van der Waals surface area contributed by atoms with Crippen molar-refractivity contribution in [2.75, 3.05) is 36.0 Å². The molecule has 1 saturated heterocycles. The van der Waals surface area contributed by atoms with Gasteiger partial charge in [-0.3, -0.25) is 0 Å². The highest BCUT2D eigenvalue weighted by atomic mass is 15.3. The third kappa shape index (κ3) is 2.90. The van der Waals surface area contributed by atoms with E-state index in [2.05, 4.69) is 36.9 Å². The number of piperazine rings is 1. The average Bonchev–Trinajstić information content (AvgIpc) is 2.61. The molecule has 0 radical (unpaired) electrons. The molecular weight excluding hydrogens is 300 g/mol. The minimum absolute atomic E-state index is 0.599.